The van der Waals surface area contributed by atoms with Gasteiger partial charge in [-0.05, 0) is 41.5 Å². The first kappa shape index (κ1) is 24.0. The predicted molar refractivity (Wildman–Crippen MR) is 127 cm³/mol. The number of non-ortho nitro benzene ring substituents is 1. The van der Waals surface area contributed by atoms with Crippen LogP contribution in [0.4, 0.5) is 5.69 Å². The number of rotatable bonds is 9. The maximum atomic E-state index is 12.6. The number of nitrogens with zero attached hydrogens (tertiary/aromatic N) is 2. The van der Waals surface area contributed by atoms with Gasteiger partial charge in [-0.15, -0.1) is 0 Å². The molecular formula is C21H19ClN2O6S2. The summed E-state index contributed by atoms with van der Waals surface area (Å²) in [5.41, 5.74) is 1.39. The summed E-state index contributed by atoms with van der Waals surface area (Å²) in [6.07, 6.45) is 1.70. The number of hydrogen-bond acceptors (Lipinski definition) is 8. The van der Waals surface area contributed by atoms with Gasteiger partial charge in [0.1, 0.15) is 10.9 Å². The van der Waals surface area contributed by atoms with Crippen LogP contribution in [0.2, 0.25) is 5.02 Å². The molecule has 0 saturated carbocycles. The van der Waals surface area contributed by atoms with Gasteiger partial charge >= 0.3 is 0 Å². The van der Waals surface area contributed by atoms with Gasteiger partial charge < -0.3 is 14.2 Å². The van der Waals surface area contributed by atoms with E-state index in [2.05, 4.69) is 0 Å². The summed E-state index contributed by atoms with van der Waals surface area (Å²) in [6.45, 7) is 0.920. The van der Waals surface area contributed by atoms with Crippen molar-refractivity contribution in [3.8, 4) is 11.5 Å². The van der Waals surface area contributed by atoms with E-state index in [4.69, 9.17) is 38.0 Å². The Kier molecular flexibility index (Phi) is 8.08. The molecule has 0 aliphatic carbocycles. The number of nitro groups is 1. The molecule has 1 amide bonds. The molecule has 1 heterocycles. The van der Waals surface area contributed by atoms with E-state index < -0.39 is 4.92 Å². The van der Waals surface area contributed by atoms with Gasteiger partial charge in [0.05, 0.1) is 35.1 Å². The number of carbonyl (C=O) groups excluding carboxylic acids is 1. The molecule has 1 fully saturated rings. The number of halogens is 1. The maximum Gasteiger partial charge on any atom is 0.269 e. The third-order valence-electron chi connectivity index (χ3n) is 4.47. The fourth-order valence-electron chi connectivity index (χ4n) is 2.86. The van der Waals surface area contributed by atoms with E-state index in [0.29, 0.717) is 44.5 Å². The number of thioether (sulfide) groups is 1. The number of carbonyl (C=O) groups is 1. The second kappa shape index (κ2) is 10.8. The Morgan fingerprint density at radius 2 is 1.97 bits per heavy atom. The van der Waals surface area contributed by atoms with Crippen molar-refractivity contribution in [2.45, 2.75) is 6.61 Å². The molecule has 32 heavy (non-hydrogen) atoms. The smallest absolute Gasteiger partial charge is 0.269 e. The number of ether oxygens (including phenoxy) is 3. The summed E-state index contributed by atoms with van der Waals surface area (Å²) in [4.78, 5) is 24.9. The van der Waals surface area contributed by atoms with Gasteiger partial charge in [0, 0.05) is 19.2 Å². The van der Waals surface area contributed by atoms with Crippen molar-refractivity contribution in [3.63, 3.8) is 0 Å². The zero-order chi connectivity index (χ0) is 23.3. The first-order valence-electron chi connectivity index (χ1n) is 9.32. The van der Waals surface area contributed by atoms with Crippen LogP contribution in [0.25, 0.3) is 6.08 Å². The number of thiocarbonyl (C=S) groups is 1. The summed E-state index contributed by atoms with van der Waals surface area (Å²) >= 11 is 12.9. The Hall–Kier alpha value is -2.66. The van der Waals surface area contributed by atoms with Gasteiger partial charge in [-0.2, -0.15) is 0 Å². The summed E-state index contributed by atoms with van der Waals surface area (Å²) < 4.78 is 16.7. The number of nitro benzene ring substituents is 1. The van der Waals surface area contributed by atoms with Crippen LogP contribution in [0.15, 0.2) is 41.3 Å². The molecule has 0 unspecified atom stereocenters. The monoisotopic (exact) mass is 494 g/mol. The number of benzene rings is 2. The van der Waals surface area contributed by atoms with Crippen molar-refractivity contribution in [2.24, 2.45) is 0 Å². The SMILES string of the molecule is COCCN1C(=O)/C(=C/c2cc(Cl)c(OCc3ccc([N+](=O)[O-])cc3)c(OC)c2)SC1=S. The highest BCUT2D eigenvalue weighted by Gasteiger charge is 2.31. The van der Waals surface area contributed by atoms with Gasteiger partial charge in [-0.3, -0.25) is 19.8 Å². The second-order valence-electron chi connectivity index (χ2n) is 6.57. The summed E-state index contributed by atoms with van der Waals surface area (Å²) in [6, 6.07) is 9.40. The molecule has 1 saturated heterocycles. The lowest BCUT2D eigenvalue weighted by Gasteiger charge is -2.14. The van der Waals surface area contributed by atoms with Crippen LogP contribution in [0, 0.1) is 10.1 Å². The molecule has 0 atom stereocenters. The molecule has 0 radical (unpaired) electrons. The Bertz CT molecular complexity index is 1070. The highest BCUT2D eigenvalue weighted by Crippen LogP contribution is 2.39. The molecule has 11 heteroatoms. The molecule has 0 N–H and O–H groups in total. The van der Waals surface area contributed by atoms with Gasteiger partial charge in [0.15, 0.2) is 11.5 Å². The zero-order valence-electron chi connectivity index (χ0n) is 17.2. The normalized spacial score (nSPS) is 14.8. The van der Waals surface area contributed by atoms with Gasteiger partial charge in [-0.25, -0.2) is 0 Å². The van der Waals surface area contributed by atoms with E-state index in [1.54, 1.807) is 37.5 Å². The van der Waals surface area contributed by atoms with E-state index >= 15 is 0 Å². The Morgan fingerprint density at radius 1 is 1.25 bits per heavy atom. The lowest BCUT2D eigenvalue weighted by atomic mass is 10.1. The van der Waals surface area contributed by atoms with Crippen molar-refractivity contribution in [2.75, 3.05) is 27.4 Å². The highest BCUT2D eigenvalue weighted by atomic mass is 35.5. The Morgan fingerprint density at radius 3 is 2.59 bits per heavy atom. The molecule has 2 aromatic carbocycles. The molecule has 0 spiro atoms. The Balaban J connectivity index is 1.77. The molecular weight excluding hydrogens is 476 g/mol. The van der Waals surface area contributed by atoms with E-state index in [9.17, 15) is 14.9 Å². The van der Waals surface area contributed by atoms with Crippen LogP contribution < -0.4 is 9.47 Å². The molecule has 168 valence electrons. The molecule has 0 aromatic heterocycles. The molecule has 1 aliphatic rings. The van der Waals surface area contributed by atoms with Crippen molar-refractivity contribution in [1.82, 2.24) is 4.90 Å². The van der Waals surface area contributed by atoms with Crippen LogP contribution in [-0.2, 0) is 16.1 Å². The minimum Gasteiger partial charge on any atom is -0.493 e. The number of methoxy groups -OCH3 is 2. The summed E-state index contributed by atoms with van der Waals surface area (Å²) in [5, 5.41) is 11.1. The zero-order valence-corrected chi connectivity index (χ0v) is 19.6. The standard InChI is InChI=1S/C21H19ClN2O6S2/c1-28-8-7-23-20(25)18(32-21(23)31)11-14-9-16(22)19(17(10-14)29-2)30-12-13-3-5-15(6-4-13)24(26)27/h3-6,9-11H,7-8,12H2,1-2H3/b18-11-. The maximum absolute atomic E-state index is 12.6. The fraction of sp³-hybridized carbons (Fsp3) is 0.238. The minimum absolute atomic E-state index is 0.00125. The predicted octanol–water partition coefficient (Wildman–Crippen LogP) is 4.68. The quantitative estimate of drug-likeness (QED) is 0.215. The molecule has 0 bridgehead atoms. The van der Waals surface area contributed by atoms with Crippen molar-refractivity contribution >= 4 is 57.6 Å². The topological polar surface area (TPSA) is 91.1 Å². The van der Waals surface area contributed by atoms with Crippen molar-refractivity contribution in [3.05, 3.63) is 67.6 Å². The third kappa shape index (κ3) is 5.57. The van der Waals surface area contributed by atoms with Gasteiger partial charge in [0.2, 0.25) is 0 Å². The average molecular weight is 495 g/mol. The Labute approximate surface area is 199 Å². The molecule has 2 aromatic rings. The first-order chi connectivity index (χ1) is 15.3. The average Bonchev–Trinajstić information content (AvgIpc) is 3.03. The number of hydrogen-bond donors (Lipinski definition) is 0. The van der Waals surface area contributed by atoms with Crippen LogP contribution >= 0.6 is 35.6 Å². The van der Waals surface area contributed by atoms with E-state index in [1.807, 2.05) is 0 Å². The fourth-order valence-corrected chi connectivity index (χ4v) is 4.44. The van der Waals surface area contributed by atoms with Crippen molar-refractivity contribution in [1.29, 1.82) is 0 Å². The van der Waals surface area contributed by atoms with Crippen LogP contribution in [0.1, 0.15) is 11.1 Å². The third-order valence-corrected chi connectivity index (χ3v) is 6.13. The van der Waals surface area contributed by atoms with Crippen molar-refractivity contribution < 1.29 is 23.9 Å². The number of amides is 1. The van der Waals surface area contributed by atoms with E-state index in [1.165, 1.54) is 35.9 Å². The lowest BCUT2D eigenvalue weighted by molar-refractivity contribution is -0.384. The summed E-state index contributed by atoms with van der Waals surface area (Å²) in [5.74, 6) is 0.531. The molecule has 3 rings (SSSR count). The first-order valence-corrected chi connectivity index (χ1v) is 10.9. The van der Waals surface area contributed by atoms with Crippen LogP contribution in [0.5, 0.6) is 11.5 Å². The minimum atomic E-state index is -0.464. The largest absolute Gasteiger partial charge is 0.493 e. The molecule has 8 nitrogen and oxygen atoms in total. The highest BCUT2D eigenvalue weighted by molar-refractivity contribution is 8.26. The van der Waals surface area contributed by atoms with Gasteiger partial charge in [0.25, 0.3) is 11.6 Å². The second-order valence-corrected chi connectivity index (χ2v) is 8.66. The van der Waals surface area contributed by atoms with E-state index in [-0.39, 0.29) is 18.2 Å². The molecule has 1 aliphatic heterocycles. The van der Waals surface area contributed by atoms with Crippen LogP contribution in [0.3, 0.4) is 0 Å². The summed E-state index contributed by atoms with van der Waals surface area (Å²) in [7, 11) is 3.05. The van der Waals surface area contributed by atoms with Crippen LogP contribution in [-0.4, -0.2) is 47.4 Å². The van der Waals surface area contributed by atoms with Gasteiger partial charge in [-0.1, -0.05) is 35.6 Å². The lowest BCUT2D eigenvalue weighted by Crippen LogP contribution is -2.31. The van der Waals surface area contributed by atoms with E-state index in [0.717, 1.165) is 5.56 Å².